The molecule has 6 heteroatoms. The molecule has 35 heavy (non-hydrogen) atoms. The molecule has 0 spiro atoms. The molecule has 1 atom stereocenters. The van der Waals surface area contributed by atoms with Gasteiger partial charge in [0.2, 0.25) is 0 Å². The Morgan fingerprint density at radius 2 is 1.66 bits per heavy atom. The quantitative estimate of drug-likeness (QED) is 0.606. The van der Waals surface area contributed by atoms with Crippen LogP contribution in [0.1, 0.15) is 61.9 Å². The molecule has 1 N–H and O–H groups in total. The van der Waals surface area contributed by atoms with Crippen molar-refractivity contribution in [1.29, 1.82) is 0 Å². The molecule has 2 aliphatic rings. The van der Waals surface area contributed by atoms with Crippen LogP contribution in [-0.2, 0) is 22.4 Å². The molecule has 0 aromatic heterocycles. The molecule has 2 aromatic rings. The van der Waals surface area contributed by atoms with E-state index in [0.717, 1.165) is 25.7 Å². The zero-order chi connectivity index (χ0) is 25.1. The highest BCUT2D eigenvalue weighted by molar-refractivity contribution is 5.94. The molecule has 2 aromatic carbocycles. The fourth-order valence-corrected chi connectivity index (χ4v) is 5.35. The molecule has 0 radical (unpaired) electrons. The van der Waals surface area contributed by atoms with Crippen molar-refractivity contribution in [2.75, 3.05) is 6.61 Å². The second-order valence-electron chi connectivity index (χ2n) is 9.49. The molecular weight excluding hydrogens is 438 g/mol. The summed E-state index contributed by atoms with van der Waals surface area (Å²) < 4.78 is 0. The largest absolute Gasteiger partial charge is 0.388 e. The molecular formula is C29H35N3O3. The summed E-state index contributed by atoms with van der Waals surface area (Å²) in [4.78, 5) is 27.5. The predicted molar refractivity (Wildman–Crippen MR) is 137 cm³/mol. The van der Waals surface area contributed by atoms with Crippen molar-refractivity contribution in [2.24, 2.45) is 0 Å². The van der Waals surface area contributed by atoms with Crippen LogP contribution < -0.4 is 0 Å². The van der Waals surface area contributed by atoms with E-state index in [9.17, 15) is 14.7 Å². The number of hydrazine groups is 1. The van der Waals surface area contributed by atoms with Gasteiger partial charge >= 0.3 is 0 Å². The number of aliphatic hydroxyl groups is 1. The molecule has 184 valence electrons. The summed E-state index contributed by atoms with van der Waals surface area (Å²) in [5.74, 6) is -0.573. The van der Waals surface area contributed by atoms with E-state index < -0.39 is 12.4 Å². The summed E-state index contributed by atoms with van der Waals surface area (Å²) in [7, 11) is 0. The average Bonchev–Trinajstić information content (AvgIpc) is 3.02. The van der Waals surface area contributed by atoms with Crippen molar-refractivity contribution in [3.63, 3.8) is 0 Å². The number of nitrogens with zero attached hydrogens (tertiary/aromatic N) is 3. The van der Waals surface area contributed by atoms with Crippen LogP contribution in [0.2, 0.25) is 0 Å². The highest BCUT2D eigenvalue weighted by Gasteiger charge is 2.46. The lowest BCUT2D eigenvalue weighted by Gasteiger charge is -2.54. The molecule has 1 saturated heterocycles. The summed E-state index contributed by atoms with van der Waals surface area (Å²) in [5, 5.41) is 13.3. The van der Waals surface area contributed by atoms with Gasteiger partial charge < -0.3 is 10.0 Å². The van der Waals surface area contributed by atoms with Gasteiger partial charge in [0.15, 0.2) is 5.78 Å². The lowest BCUT2D eigenvalue weighted by atomic mass is 9.92. The molecule has 1 heterocycles. The van der Waals surface area contributed by atoms with Gasteiger partial charge in [0.25, 0.3) is 5.91 Å². The van der Waals surface area contributed by atoms with Gasteiger partial charge in [-0.1, -0.05) is 68.5 Å². The molecule has 6 nitrogen and oxygen atoms in total. The fourth-order valence-electron chi connectivity index (χ4n) is 5.35. The van der Waals surface area contributed by atoms with E-state index in [1.54, 1.807) is 11.2 Å². The van der Waals surface area contributed by atoms with Gasteiger partial charge in [-0.25, -0.2) is 0 Å². The Hall–Kier alpha value is -3.22. The highest BCUT2D eigenvalue weighted by Crippen LogP contribution is 2.43. The average molecular weight is 474 g/mol. The summed E-state index contributed by atoms with van der Waals surface area (Å²) in [6.45, 7) is 9.75. The normalized spacial score (nSPS) is 19.3. The minimum atomic E-state index is -0.587. The van der Waals surface area contributed by atoms with Crippen molar-refractivity contribution < 1.29 is 14.7 Å². The third-order valence-corrected chi connectivity index (χ3v) is 6.92. The molecule has 1 aliphatic carbocycles. The maximum atomic E-state index is 13.6. The first-order chi connectivity index (χ1) is 16.9. The van der Waals surface area contributed by atoms with Gasteiger partial charge in [0, 0.05) is 18.3 Å². The van der Waals surface area contributed by atoms with Gasteiger partial charge in [-0.2, -0.15) is 5.01 Å². The zero-order valence-electron chi connectivity index (χ0n) is 20.9. The third-order valence-electron chi connectivity index (χ3n) is 6.92. The maximum absolute atomic E-state index is 13.6. The molecule has 1 fully saturated rings. The van der Waals surface area contributed by atoms with E-state index in [2.05, 4.69) is 67.0 Å². The van der Waals surface area contributed by atoms with E-state index in [-0.39, 0.29) is 29.9 Å². The lowest BCUT2D eigenvalue weighted by molar-refractivity contribution is -0.170. The number of fused-ring (bicyclic) bond motifs is 2. The molecule has 1 amide bonds. The fraction of sp³-hybridized carbons (Fsp3) is 0.379. The van der Waals surface area contributed by atoms with Crippen LogP contribution in [0.3, 0.4) is 0 Å². The number of carbonyl (C=O) groups excluding carboxylic acids is 2. The monoisotopic (exact) mass is 473 g/mol. The Labute approximate surface area is 208 Å². The zero-order valence-corrected chi connectivity index (χ0v) is 20.9. The number of rotatable bonds is 7. The van der Waals surface area contributed by atoms with Crippen molar-refractivity contribution in [3.8, 4) is 0 Å². The number of amides is 1. The Morgan fingerprint density at radius 1 is 1.09 bits per heavy atom. The van der Waals surface area contributed by atoms with Crippen molar-refractivity contribution in [3.05, 3.63) is 95.3 Å². The molecule has 1 unspecified atom stereocenters. The van der Waals surface area contributed by atoms with Gasteiger partial charge in [-0.3, -0.25) is 14.6 Å². The molecule has 0 saturated carbocycles. The smallest absolute Gasteiger partial charge is 0.272 e. The van der Waals surface area contributed by atoms with Gasteiger partial charge in [-0.05, 0) is 55.4 Å². The van der Waals surface area contributed by atoms with E-state index in [4.69, 9.17) is 0 Å². The van der Waals surface area contributed by atoms with Crippen molar-refractivity contribution in [1.82, 2.24) is 14.9 Å². The number of aliphatic hydroxyl groups excluding tert-OH is 1. The Morgan fingerprint density at radius 3 is 2.17 bits per heavy atom. The second kappa shape index (κ2) is 10.6. The minimum Gasteiger partial charge on any atom is -0.388 e. The lowest BCUT2D eigenvalue weighted by Crippen LogP contribution is -2.64. The number of carbonyl (C=O) groups is 2. The predicted octanol–water partition coefficient (Wildman–Crippen LogP) is 4.36. The number of benzene rings is 2. The van der Waals surface area contributed by atoms with Crippen LogP contribution in [0.5, 0.6) is 0 Å². The molecule has 0 bridgehead atoms. The van der Waals surface area contributed by atoms with E-state index in [0.29, 0.717) is 0 Å². The second-order valence-corrected chi connectivity index (χ2v) is 9.49. The summed E-state index contributed by atoms with van der Waals surface area (Å²) in [5.41, 5.74) is 5.22. The Kier molecular flexibility index (Phi) is 7.53. The SMILES string of the molecule is C=C1C(=O)N(C(C)C)C(CCC)N(C2c3ccccc3CCc3ccccc32)N1/C=C\C(=O)CO. The minimum absolute atomic E-state index is 0.0280. The number of hydrogen-bond donors (Lipinski definition) is 1. The molecule has 1 aliphatic heterocycles. The third kappa shape index (κ3) is 4.68. The van der Waals surface area contributed by atoms with Crippen LogP contribution in [0, 0.1) is 0 Å². The first-order valence-corrected chi connectivity index (χ1v) is 12.5. The van der Waals surface area contributed by atoms with Crippen LogP contribution in [-0.4, -0.2) is 50.5 Å². The highest BCUT2D eigenvalue weighted by atomic mass is 16.3. The summed E-state index contributed by atoms with van der Waals surface area (Å²) in [6, 6.07) is 16.8. The first-order valence-electron chi connectivity index (χ1n) is 12.5. The number of ketones is 1. The van der Waals surface area contributed by atoms with Crippen LogP contribution in [0.15, 0.2) is 73.1 Å². The maximum Gasteiger partial charge on any atom is 0.272 e. The number of hydrogen-bond acceptors (Lipinski definition) is 5. The van der Waals surface area contributed by atoms with Crippen molar-refractivity contribution in [2.45, 2.75) is 64.7 Å². The first kappa shape index (κ1) is 24.9. The van der Waals surface area contributed by atoms with Gasteiger partial charge in [-0.15, -0.1) is 0 Å². The Balaban J connectivity index is 1.98. The van der Waals surface area contributed by atoms with Gasteiger partial charge in [0.05, 0.1) is 6.04 Å². The van der Waals surface area contributed by atoms with E-state index >= 15 is 0 Å². The summed E-state index contributed by atoms with van der Waals surface area (Å²) >= 11 is 0. The topological polar surface area (TPSA) is 64.1 Å². The van der Waals surface area contributed by atoms with Crippen LogP contribution in [0.25, 0.3) is 0 Å². The van der Waals surface area contributed by atoms with Crippen molar-refractivity contribution >= 4 is 11.7 Å². The van der Waals surface area contributed by atoms with E-state index in [1.165, 1.54) is 28.3 Å². The summed E-state index contributed by atoms with van der Waals surface area (Å²) in [6.07, 6.45) is 6.19. The van der Waals surface area contributed by atoms with Crippen LogP contribution >= 0.6 is 0 Å². The Bertz CT molecular complexity index is 1090. The standard InChI is InChI=1S/C29H35N3O3/c1-5-10-27-31(20(2)3)29(35)21(4)30(18-17-24(34)19-33)32(27)28-25-13-8-6-11-22(25)15-16-23-12-7-9-14-26(23)28/h6-9,11-14,17-18,20,27-28,33H,4-5,10,15-16,19H2,1-3H3/b18-17-. The van der Waals surface area contributed by atoms with E-state index in [1.807, 2.05) is 18.7 Å². The number of aryl methyl sites for hydroxylation is 2. The van der Waals surface area contributed by atoms with Gasteiger partial charge in [0.1, 0.15) is 18.5 Å². The van der Waals surface area contributed by atoms with Crippen LogP contribution in [0.4, 0.5) is 0 Å². The molecule has 4 rings (SSSR count).